The van der Waals surface area contributed by atoms with Crippen molar-refractivity contribution in [2.45, 2.75) is 18.4 Å². The third kappa shape index (κ3) is 5.89. The number of carbonyl (C=O) groups excluding carboxylic acids is 2. The van der Waals surface area contributed by atoms with E-state index in [4.69, 9.17) is 16.3 Å². The van der Waals surface area contributed by atoms with Crippen molar-refractivity contribution in [2.75, 3.05) is 58.3 Å². The lowest BCUT2D eigenvalue weighted by Crippen LogP contribution is -2.47. The van der Waals surface area contributed by atoms with E-state index in [1.165, 1.54) is 0 Å². The SMILES string of the molecule is COc1ccc([C@H]2[C@H](C(=O)NCCCN3CCN(c4cccc(Cl)c4)CC3)c3ccccc3C(=O)N2C)cc1. The molecule has 3 aromatic carbocycles. The molecule has 0 unspecified atom stereocenters. The van der Waals surface area contributed by atoms with Crippen LogP contribution in [0.3, 0.4) is 0 Å². The topological polar surface area (TPSA) is 65.1 Å². The van der Waals surface area contributed by atoms with Crippen molar-refractivity contribution >= 4 is 29.1 Å². The van der Waals surface area contributed by atoms with Crippen LogP contribution in [0.5, 0.6) is 5.75 Å². The molecule has 0 radical (unpaired) electrons. The van der Waals surface area contributed by atoms with Gasteiger partial charge in [0.25, 0.3) is 5.91 Å². The molecule has 0 saturated carbocycles. The van der Waals surface area contributed by atoms with Crippen LogP contribution in [-0.4, -0.2) is 75.0 Å². The van der Waals surface area contributed by atoms with Gasteiger partial charge in [0.1, 0.15) is 5.75 Å². The van der Waals surface area contributed by atoms with E-state index in [0.717, 1.165) is 66.7 Å². The number of rotatable bonds is 8. The minimum absolute atomic E-state index is 0.0617. The smallest absolute Gasteiger partial charge is 0.254 e. The van der Waals surface area contributed by atoms with Crippen molar-refractivity contribution in [3.05, 3.63) is 94.5 Å². The number of amides is 2. The summed E-state index contributed by atoms with van der Waals surface area (Å²) >= 11 is 6.16. The summed E-state index contributed by atoms with van der Waals surface area (Å²) in [5.74, 6) is 0.0951. The fourth-order valence-electron chi connectivity index (χ4n) is 5.70. The number of benzene rings is 3. The number of anilines is 1. The van der Waals surface area contributed by atoms with E-state index in [9.17, 15) is 9.59 Å². The highest BCUT2D eigenvalue weighted by Crippen LogP contribution is 2.42. The summed E-state index contributed by atoms with van der Waals surface area (Å²) in [7, 11) is 3.40. The number of ether oxygens (including phenoxy) is 1. The summed E-state index contributed by atoms with van der Waals surface area (Å²) in [6.45, 7) is 5.36. The first kappa shape index (κ1) is 27.0. The van der Waals surface area contributed by atoms with E-state index in [1.54, 1.807) is 19.1 Å². The molecule has 39 heavy (non-hydrogen) atoms. The number of piperazine rings is 1. The average Bonchev–Trinajstić information content (AvgIpc) is 2.97. The Balaban J connectivity index is 1.21. The Morgan fingerprint density at radius 3 is 2.46 bits per heavy atom. The van der Waals surface area contributed by atoms with E-state index in [2.05, 4.69) is 21.2 Å². The molecular weight excluding hydrogens is 512 g/mol. The van der Waals surface area contributed by atoms with Gasteiger partial charge in [0.15, 0.2) is 0 Å². The highest BCUT2D eigenvalue weighted by molar-refractivity contribution is 6.30. The van der Waals surface area contributed by atoms with Gasteiger partial charge < -0.3 is 19.9 Å². The second-order valence-corrected chi connectivity index (χ2v) is 10.6. The molecule has 1 saturated heterocycles. The Hall–Kier alpha value is -3.55. The molecule has 8 heteroatoms. The van der Waals surface area contributed by atoms with E-state index >= 15 is 0 Å². The van der Waals surface area contributed by atoms with Crippen molar-refractivity contribution in [2.24, 2.45) is 0 Å². The van der Waals surface area contributed by atoms with Gasteiger partial charge in [0.05, 0.1) is 19.1 Å². The third-order valence-electron chi connectivity index (χ3n) is 7.82. The highest BCUT2D eigenvalue weighted by Gasteiger charge is 2.42. The fourth-order valence-corrected chi connectivity index (χ4v) is 5.89. The van der Waals surface area contributed by atoms with Gasteiger partial charge in [-0.1, -0.05) is 48.0 Å². The maximum Gasteiger partial charge on any atom is 0.254 e. The van der Waals surface area contributed by atoms with Gasteiger partial charge in [0, 0.05) is 56.0 Å². The lowest BCUT2D eigenvalue weighted by atomic mass is 9.79. The third-order valence-corrected chi connectivity index (χ3v) is 8.05. The molecule has 2 aliphatic rings. The van der Waals surface area contributed by atoms with E-state index in [1.807, 2.05) is 66.7 Å². The zero-order valence-corrected chi connectivity index (χ0v) is 23.2. The predicted octanol–water partition coefficient (Wildman–Crippen LogP) is 4.59. The predicted molar refractivity (Wildman–Crippen MR) is 155 cm³/mol. The number of hydrogen-bond acceptors (Lipinski definition) is 5. The molecule has 0 bridgehead atoms. The number of likely N-dealkylation sites (N-methyl/N-ethyl adjacent to an activating group) is 1. The van der Waals surface area contributed by atoms with Gasteiger partial charge in [-0.3, -0.25) is 14.5 Å². The number of nitrogens with one attached hydrogen (secondary N) is 1. The van der Waals surface area contributed by atoms with Crippen LogP contribution in [-0.2, 0) is 4.79 Å². The van der Waals surface area contributed by atoms with Crippen molar-refractivity contribution in [3.8, 4) is 5.75 Å². The molecule has 2 aliphatic heterocycles. The first-order valence-electron chi connectivity index (χ1n) is 13.5. The molecular formula is C31H35ClN4O3. The Morgan fingerprint density at radius 1 is 1.00 bits per heavy atom. The molecule has 2 atom stereocenters. The minimum atomic E-state index is -0.501. The average molecular weight is 547 g/mol. The van der Waals surface area contributed by atoms with E-state index < -0.39 is 12.0 Å². The monoisotopic (exact) mass is 546 g/mol. The summed E-state index contributed by atoms with van der Waals surface area (Å²) in [5.41, 5.74) is 3.43. The van der Waals surface area contributed by atoms with Crippen LogP contribution in [0, 0.1) is 0 Å². The number of carbonyl (C=O) groups is 2. The Labute approximate surface area is 235 Å². The van der Waals surface area contributed by atoms with Crippen molar-refractivity contribution in [1.29, 1.82) is 0 Å². The number of nitrogens with zero attached hydrogens (tertiary/aromatic N) is 3. The molecule has 3 aromatic rings. The standard InChI is InChI=1S/C31H35ClN4O3/c1-34-29(22-11-13-25(39-2)14-12-22)28(26-9-3-4-10-27(26)31(34)38)30(37)33-15-6-16-35-17-19-36(20-18-35)24-8-5-7-23(32)21-24/h3-5,7-14,21,28-29H,6,15-20H2,1-2H3,(H,33,37)/t28-,29+/m1/s1. The van der Waals surface area contributed by atoms with Crippen LogP contribution in [0.1, 0.15) is 39.9 Å². The second-order valence-electron chi connectivity index (χ2n) is 10.2. The molecule has 2 amide bonds. The molecule has 7 nitrogen and oxygen atoms in total. The maximum absolute atomic E-state index is 13.7. The fraction of sp³-hybridized carbons (Fsp3) is 0.355. The second kappa shape index (κ2) is 12.1. The number of halogens is 1. The summed E-state index contributed by atoms with van der Waals surface area (Å²) in [5, 5.41) is 3.94. The lowest BCUT2D eigenvalue weighted by molar-refractivity contribution is -0.124. The zero-order valence-electron chi connectivity index (χ0n) is 22.5. The van der Waals surface area contributed by atoms with Gasteiger partial charge in [-0.25, -0.2) is 0 Å². The molecule has 0 aliphatic carbocycles. The molecule has 204 valence electrons. The van der Waals surface area contributed by atoms with Gasteiger partial charge in [-0.15, -0.1) is 0 Å². The highest BCUT2D eigenvalue weighted by atomic mass is 35.5. The first-order chi connectivity index (χ1) is 19.0. The minimum Gasteiger partial charge on any atom is -0.497 e. The summed E-state index contributed by atoms with van der Waals surface area (Å²) in [6.07, 6.45) is 0.860. The van der Waals surface area contributed by atoms with Crippen LogP contribution < -0.4 is 15.0 Å². The Bertz CT molecular complexity index is 1310. The summed E-state index contributed by atoms with van der Waals surface area (Å²) < 4.78 is 5.31. The number of hydrogen-bond donors (Lipinski definition) is 1. The van der Waals surface area contributed by atoms with Gasteiger partial charge in [0.2, 0.25) is 5.91 Å². The van der Waals surface area contributed by atoms with Crippen LogP contribution in [0.4, 0.5) is 5.69 Å². The van der Waals surface area contributed by atoms with Crippen LogP contribution in [0.2, 0.25) is 5.02 Å². The Kier molecular flexibility index (Phi) is 8.38. The van der Waals surface area contributed by atoms with Crippen molar-refractivity contribution in [1.82, 2.24) is 15.1 Å². The molecule has 0 aromatic heterocycles. The Morgan fingerprint density at radius 2 is 1.74 bits per heavy atom. The quantitative estimate of drug-likeness (QED) is 0.419. The van der Waals surface area contributed by atoms with Gasteiger partial charge >= 0.3 is 0 Å². The summed E-state index contributed by atoms with van der Waals surface area (Å²) in [6, 6.07) is 22.7. The summed E-state index contributed by atoms with van der Waals surface area (Å²) in [4.78, 5) is 33.4. The number of methoxy groups -OCH3 is 1. The van der Waals surface area contributed by atoms with Gasteiger partial charge in [-0.2, -0.15) is 0 Å². The normalized spacial score (nSPS) is 19.5. The zero-order chi connectivity index (χ0) is 27.4. The van der Waals surface area contributed by atoms with Crippen LogP contribution >= 0.6 is 11.6 Å². The molecule has 1 N–H and O–H groups in total. The van der Waals surface area contributed by atoms with Crippen molar-refractivity contribution < 1.29 is 14.3 Å². The number of fused-ring (bicyclic) bond motifs is 1. The molecule has 1 fully saturated rings. The molecule has 5 rings (SSSR count). The molecule has 2 heterocycles. The van der Waals surface area contributed by atoms with Crippen LogP contribution in [0.15, 0.2) is 72.8 Å². The van der Waals surface area contributed by atoms with Crippen LogP contribution in [0.25, 0.3) is 0 Å². The first-order valence-corrected chi connectivity index (χ1v) is 13.8. The van der Waals surface area contributed by atoms with E-state index in [-0.39, 0.29) is 11.8 Å². The van der Waals surface area contributed by atoms with Gasteiger partial charge in [-0.05, 0) is 60.5 Å². The van der Waals surface area contributed by atoms with E-state index in [0.29, 0.717) is 12.1 Å². The maximum atomic E-state index is 13.7. The van der Waals surface area contributed by atoms with Crippen molar-refractivity contribution in [3.63, 3.8) is 0 Å². The molecule has 0 spiro atoms. The lowest BCUT2D eigenvalue weighted by Gasteiger charge is -2.40. The largest absolute Gasteiger partial charge is 0.497 e.